The van der Waals surface area contributed by atoms with E-state index < -0.39 is 5.69 Å². The summed E-state index contributed by atoms with van der Waals surface area (Å²) < 4.78 is 10.4. The van der Waals surface area contributed by atoms with Gasteiger partial charge in [0, 0.05) is 6.42 Å². The van der Waals surface area contributed by atoms with Crippen LogP contribution in [0.5, 0.6) is 11.5 Å². The highest BCUT2D eigenvalue weighted by atomic mass is 16.5. The van der Waals surface area contributed by atoms with Crippen molar-refractivity contribution < 1.29 is 9.47 Å². The lowest BCUT2D eigenvalue weighted by molar-refractivity contribution is 0.354. The number of ether oxygens (including phenoxy) is 2. The van der Waals surface area contributed by atoms with Gasteiger partial charge in [-0.3, -0.25) is 4.98 Å². The number of hydrogen-bond donors (Lipinski definition) is 2. The molecule has 100 valence electrons. The summed E-state index contributed by atoms with van der Waals surface area (Å²) in [5.41, 5.74) is 5.83. The molecule has 0 aliphatic heterocycles. The number of benzene rings is 1. The lowest BCUT2D eigenvalue weighted by Gasteiger charge is -2.09. The van der Waals surface area contributed by atoms with E-state index in [9.17, 15) is 4.79 Å². The van der Waals surface area contributed by atoms with Gasteiger partial charge in [0.25, 0.3) is 0 Å². The van der Waals surface area contributed by atoms with Crippen molar-refractivity contribution in [1.82, 2.24) is 15.0 Å². The van der Waals surface area contributed by atoms with Gasteiger partial charge in [-0.2, -0.15) is 9.97 Å². The van der Waals surface area contributed by atoms with Crippen LogP contribution in [-0.4, -0.2) is 29.2 Å². The third-order valence-electron chi connectivity index (χ3n) is 2.54. The highest BCUT2D eigenvalue weighted by molar-refractivity contribution is 5.43. The second-order valence-electron chi connectivity index (χ2n) is 3.82. The van der Waals surface area contributed by atoms with Gasteiger partial charge in [0.15, 0.2) is 11.5 Å². The zero-order chi connectivity index (χ0) is 13.8. The first-order valence-corrected chi connectivity index (χ1v) is 5.56. The first-order chi connectivity index (χ1) is 9.12. The Hall–Kier alpha value is -2.57. The van der Waals surface area contributed by atoms with Crippen molar-refractivity contribution in [3.8, 4) is 11.5 Å². The number of nitrogens with two attached hydrogens (primary N) is 1. The lowest BCUT2D eigenvalue weighted by Crippen LogP contribution is -2.17. The van der Waals surface area contributed by atoms with Crippen LogP contribution >= 0.6 is 0 Å². The van der Waals surface area contributed by atoms with E-state index in [0.717, 1.165) is 5.56 Å². The van der Waals surface area contributed by atoms with Crippen molar-refractivity contribution in [1.29, 1.82) is 0 Å². The summed E-state index contributed by atoms with van der Waals surface area (Å²) in [6.07, 6.45) is 0.419. The molecule has 0 saturated carbocycles. The number of methoxy groups -OCH3 is 2. The van der Waals surface area contributed by atoms with Gasteiger partial charge in [0.05, 0.1) is 14.2 Å². The molecular formula is C12H14N4O3. The monoisotopic (exact) mass is 262 g/mol. The minimum absolute atomic E-state index is 0.0424. The minimum Gasteiger partial charge on any atom is -0.493 e. The number of nitrogens with one attached hydrogen (secondary N) is 1. The van der Waals surface area contributed by atoms with Crippen LogP contribution in [0.2, 0.25) is 0 Å². The quantitative estimate of drug-likeness (QED) is 0.824. The molecule has 0 spiro atoms. The zero-order valence-corrected chi connectivity index (χ0v) is 10.6. The van der Waals surface area contributed by atoms with Crippen LogP contribution < -0.4 is 20.9 Å². The molecule has 0 atom stereocenters. The van der Waals surface area contributed by atoms with E-state index >= 15 is 0 Å². The fourth-order valence-electron chi connectivity index (χ4n) is 1.71. The van der Waals surface area contributed by atoms with Gasteiger partial charge < -0.3 is 15.2 Å². The molecule has 19 heavy (non-hydrogen) atoms. The third kappa shape index (κ3) is 3.01. The largest absolute Gasteiger partial charge is 0.493 e. The summed E-state index contributed by atoms with van der Waals surface area (Å²) in [5.74, 6) is 1.66. The van der Waals surface area contributed by atoms with Crippen molar-refractivity contribution in [2.24, 2.45) is 0 Å². The summed E-state index contributed by atoms with van der Waals surface area (Å²) in [6.45, 7) is 0. The number of rotatable bonds is 4. The molecule has 1 heterocycles. The molecule has 7 nitrogen and oxygen atoms in total. The lowest BCUT2D eigenvalue weighted by atomic mass is 10.1. The Morgan fingerprint density at radius 3 is 2.58 bits per heavy atom. The standard InChI is InChI=1S/C12H14N4O3/c1-18-8-4-3-7(5-9(8)19-2)6-10-14-11(13)16-12(17)15-10/h3-5H,6H2,1-2H3,(H3,13,14,15,16,17). The van der Waals surface area contributed by atoms with Gasteiger partial charge in [-0.25, -0.2) is 4.79 Å². The fraction of sp³-hybridized carbons (Fsp3) is 0.250. The molecule has 2 aromatic rings. The van der Waals surface area contributed by atoms with Crippen LogP contribution in [-0.2, 0) is 6.42 Å². The van der Waals surface area contributed by atoms with Crippen LogP contribution in [0.3, 0.4) is 0 Å². The smallest absolute Gasteiger partial charge is 0.349 e. The zero-order valence-electron chi connectivity index (χ0n) is 10.6. The van der Waals surface area contributed by atoms with Crippen LogP contribution in [0.25, 0.3) is 0 Å². The number of aromatic amines is 1. The molecule has 0 aliphatic rings. The van der Waals surface area contributed by atoms with E-state index in [-0.39, 0.29) is 5.95 Å². The Labute approximate surface area is 109 Å². The van der Waals surface area contributed by atoms with Crippen LogP contribution in [0.1, 0.15) is 11.4 Å². The predicted molar refractivity (Wildman–Crippen MR) is 69.4 cm³/mol. The fourth-order valence-corrected chi connectivity index (χ4v) is 1.71. The van der Waals surface area contributed by atoms with E-state index in [2.05, 4.69) is 15.0 Å². The SMILES string of the molecule is COc1ccc(Cc2nc(N)nc(=O)[nH]2)cc1OC. The molecule has 7 heteroatoms. The Morgan fingerprint density at radius 1 is 1.21 bits per heavy atom. The third-order valence-corrected chi connectivity index (χ3v) is 2.54. The minimum atomic E-state index is -0.511. The Bertz CT molecular complexity index is 639. The Morgan fingerprint density at radius 2 is 1.95 bits per heavy atom. The van der Waals surface area contributed by atoms with Crippen molar-refractivity contribution in [3.05, 3.63) is 40.1 Å². The molecule has 1 aromatic heterocycles. The summed E-state index contributed by atoms with van der Waals surface area (Å²) in [5, 5.41) is 0. The second kappa shape index (κ2) is 5.38. The number of H-pyrrole nitrogens is 1. The summed E-state index contributed by atoms with van der Waals surface area (Å²) in [4.78, 5) is 21.1. The summed E-state index contributed by atoms with van der Waals surface area (Å²) in [6, 6.07) is 5.46. The molecule has 0 radical (unpaired) electrons. The second-order valence-corrected chi connectivity index (χ2v) is 3.82. The van der Waals surface area contributed by atoms with Gasteiger partial charge in [0.2, 0.25) is 5.95 Å². The molecule has 3 N–H and O–H groups in total. The van der Waals surface area contributed by atoms with Gasteiger partial charge in [-0.05, 0) is 17.7 Å². The summed E-state index contributed by atoms with van der Waals surface area (Å²) >= 11 is 0. The number of aromatic nitrogens is 3. The van der Waals surface area contributed by atoms with Crippen LogP contribution in [0, 0.1) is 0 Å². The molecular weight excluding hydrogens is 248 g/mol. The van der Waals surface area contributed by atoms with Gasteiger partial charge in [0.1, 0.15) is 5.82 Å². The number of nitrogen functional groups attached to an aromatic ring is 1. The predicted octanol–water partition coefficient (Wildman–Crippen LogP) is 0.355. The van der Waals surface area contributed by atoms with E-state index in [4.69, 9.17) is 15.2 Å². The van der Waals surface area contributed by atoms with E-state index in [0.29, 0.717) is 23.7 Å². The maximum Gasteiger partial charge on any atom is 0.349 e. The number of anilines is 1. The number of nitrogens with zero attached hydrogens (tertiary/aromatic N) is 2. The van der Waals surface area contributed by atoms with Crippen LogP contribution in [0.15, 0.2) is 23.0 Å². The average molecular weight is 262 g/mol. The molecule has 0 fully saturated rings. The van der Waals surface area contributed by atoms with Crippen molar-refractivity contribution >= 4 is 5.95 Å². The Kier molecular flexibility index (Phi) is 3.65. The van der Waals surface area contributed by atoms with Gasteiger partial charge in [-0.15, -0.1) is 0 Å². The molecule has 0 bridgehead atoms. The van der Waals surface area contributed by atoms with Crippen molar-refractivity contribution in [2.45, 2.75) is 6.42 Å². The first kappa shape index (κ1) is 12.9. The first-order valence-electron chi connectivity index (χ1n) is 5.56. The normalized spacial score (nSPS) is 10.2. The molecule has 0 aliphatic carbocycles. The Balaban J connectivity index is 2.30. The number of hydrogen-bond acceptors (Lipinski definition) is 6. The highest BCUT2D eigenvalue weighted by Crippen LogP contribution is 2.28. The van der Waals surface area contributed by atoms with E-state index in [1.165, 1.54) is 0 Å². The highest BCUT2D eigenvalue weighted by Gasteiger charge is 2.07. The molecule has 0 amide bonds. The van der Waals surface area contributed by atoms with Crippen LogP contribution in [0.4, 0.5) is 5.95 Å². The molecule has 0 unspecified atom stereocenters. The summed E-state index contributed by atoms with van der Waals surface area (Å²) in [7, 11) is 3.13. The van der Waals surface area contributed by atoms with E-state index in [1.54, 1.807) is 20.3 Å². The molecule has 2 rings (SSSR count). The average Bonchev–Trinajstić information content (AvgIpc) is 2.37. The molecule has 0 saturated heterocycles. The van der Waals surface area contributed by atoms with Crippen molar-refractivity contribution in [3.63, 3.8) is 0 Å². The van der Waals surface area contributed by atoms with E-state index in [1.807, 2.05) is 12.1 Å². The maximum absolute atomic E-state index is 11.2. The maximum atomic E-state index is 11.2. The molecule has 1 aromatic carbocycles. The van der Waals surface area contributed by atoms with Gasteiger partial charge >= 0.3 is 5.69 Å². The van der Waals surface area contributed by atoms with Crippen molar-refractivity contribution in [2.75, 3.05) is 20.0 Å². The van der Waals surface area contributed by atoms with Gasteiger partial charge in [-0.1, -0.05) is 6.07 Å². The topological polar surface area (TPSA) is 103 Å².